The number of hydrogen-bond acceptors (Lipinski definition) is 5. The van der Waals surface area contributed by atoms with Crippen molar-refractivity contribution in [3.63, 3.8) is 0 Å². The van der Waals surface area contributed by atoms with Crippen molar-refractivity contribution in [3.8, 4) is 0 Å². The van der Waals surface area contributed by atoms with E-state index in [9.17, 15) is 4.79 Å². The Hall–Kier alpha value is -2.34. The third-order valence-electron chi connectivity index (χ3n) is 7.45. The van der Waals surface area contributed by atoms with Gasteiger partial charge in [-0.05, 0) is 79.5 Å². The van der Waals surface area contributed by atoms with Crippen molar-refractivity contribution in [3.05, 3.63) is 76.4 Å². The minimum atomic E-state index is -0.0310. The van der Waals surface area contributed by atoms with Crippen LogP contribution >= 0.6 is 23.4 Å². The fourth-order valence-electron chi connectivity index (χ4n) is 4.97. The first kappa shape index (κ1) is 26.3. The van der Waals surface area contributed by atoms with E-state index in [1.54, 1.807) is 0 Å². The van der Waals surface area contributed by atoms with E-state index in [0.717, 1.165) is 60.1 Å². The second-order valence-electron chi connectivity index (χ2n) is 10.4. The maximum Gasteiger partial charge on any atom is 0.306 e. The van der Waals surface area contributed by atoms with Crippen molar-refractivity contribution < 1.29 is 9.53 Å². The molecule has 6 heteroatoms. The van der Waals surface area contributed by atoms with Gasteiger partial charge in [0.15, 0.2) is 0 Å². The van der Waals surface area contributed by atoms with Crippen LogP contribution in [-0.4, -0.2) is 35.9 Å². The Morgan fingerprint density at radius 3 is 2.86 bits per heavy atom. The molecule has 0 amide bonds. The number of carbonyl (C=O) groups excluding carboxylic acids is 1. The summed E-state index contributed by atoms with van der Waals surface area (Å²) in [5, 5.41) is 5.58. The summed E-state index contributed by atoms with van der Waals surface area (Å²) in [5.74, 6) is 0.975. The molecule has 5 rings (SSSR count). The van der Waals surface area contributed by atoms with Gasteiger partial charge in [0.2, 0.25) is 0 Å². The Balaban J connectivity index is 1.17. The first-order chi connectivity index (χ1) is 18.0. The van der Waals surface area contributed by atoms with Crippen molar-refractivity contribution >= 4 is 52.4 Å². The zero-order chi connectivity index (χ0) is 25.7. The van der Waals surface area contributed by atoms with Crippen molar-refractivity contribution in [1.29, 1.82) is 0 Å². The minimum absolute atomic E-state index is 0.0310. The summed E-state index contributed by atoms with van der Waals surface area (Å²) in [6.07, 6.45) is 10.3. The summed E-state index contributed by atoms with van der Waals surface area (Å²) in [4.78, 5) is 17.2. The predicted molar refractivity (Wildman–Crippen MR) is 156 cm³/mol. The van der Waals surface area contributed by atoms with Gasteiger partial charge in [0.1, 0.15) is 6.61 Å². The van der Waals surface area contributed by atoms with E-state index in [-0.39, 0.29) is 11.4 Å². The summed E-state index contributed by atoms with van der Waals surface area (Å²) >= 11 is 8.13. The number of benzene rings is 2. The molecular weight excluding hydrogens is 500 g/mol. The molecule has 1 aliphatic carbocycles. The molecule has 37 heavy (non-hydrogen) atoms. The first-order valence-corrected chi connectivity index (χ1v) is 14.8. The molecule has 1 saturated carbocycles. The SMILES string of the molecule is CC[C@@H](SCC1(CC(=O)OCC2CCCN2)CC1)c1cccc(C=Cc2ccc3ccc(Cl)cc3n2)c1. The van der Waals surface area contributed by atoms with Gasteiger partial charge in [-0.1, -0.05) is 61.0 Å². The largest absolute Gasteiger partial charge is 0.464 e. The van der Waals surface area contributed by atoms with Crippen LogP contribution in [0, 0.1) is 5.41 Å². The Kier molecular flexibility index (Phi) is 8.53. The van der Waals surface area contributed by atoms with Crippen LogP contribution in [0.5, 0.6) is 0 Å². The Morgan fingerprint density at radius 1 is 1.22 bits per heavy atom. The zero-order valence-electron chi connectivity index (χ0n) is 21.4. The highest BCUT2D eigenvalue weighted by Gasteiger charge is 2.45. The molecule has 0 radical (unpaired) electrons. The highest BCUT2D eigenvalue weighted by Crippen LogP contribution is 2.53. The van der Waals surface area contributed by atoms with Crippen LogP contribution in [0.3, 0.4) is 0 Å². The average molecular weight is 535 g/mol. The van der Waals surface area contributed by atoms with Crippen LogP contribution in [0.4, 0.5) is 0 Å². The fraction of sp³-hybridized carbons (Fsp3) is 0.419. The summed E-state index contributed by atoms with van der Waals surface area (Å²) in [5.41, 5.74) is 4.43. The number of nitrogens with zero attached hydrogens (tertiary/aromatic N) is 1. The molecule has 2 heterocycles. The average Bonchev–Trinajstić information content (AvgIpc) is 3.45. The number of thioether (sulfide) groups is 1. The van der Waals surface area contributed by atoms with Gasteiger partial charge < -0.3 is 10.1 Å². The first-order valence-electron chi connectivity index (χ1n) is 13.4. The lowest BCUT2D eigenvalue weighted by Crippen LogP contribution is -2.28. The van der Waals surface area contributed by atoms with E-state index < -0.39 is 0 Å². The Bertz CT molecular complexity index is 1270. The molecule has 1 unspecified atom stereocenters. The standard InChI is InChI=1S/C31H35ClN2O2S/c1-2-29(37-21-31(14-15-31)19-30(35)36-20-27-7-4-16-33-27)24-6-3-5-22(17-24)8-12-26-13-10-23-9-11-25(32)18-28(23)34-26/h3,5-6,8-13,17-18,27,29,33H,2,4,7,14-16,19-21H2,1H3/t27?,29-/m1/s1. The van der Waals surface area contributed by atoms with Gasteiger partial charge in [-0.2, -0.15) is 11.8 Å². The lowest BCUT2D eigenvalue weighted by molar-refractivity contribution is -0.145. The van der Waals surface area contributed by atoms with Crippen molar-refractivity contribution in [2.24, 2.45) is 5.41 Å². The van der Waals surface area contributed by atoms with Crippen LogP contribution in [0.1, 0.15) is 67.5 Å². The molecule has 2 atom stereocenters. The number of esters is 1. The number of rotatable bonds is 11. The summed E-state index contributed by atoms with van der Waals surface area (Å²) < 4.78 is 5.60. The Morgan fingerprint density at radius 2 is 2.08 bits per heavy atom. The molecule has 3 aromatic rings. The third-order valence-corrected chi connectivity index (χ3v) is 9.47. The molecule has 0 spiro atoms. The molecule has 2 aliphatic rings. The molecule has 1 saturated heterocycles. The third kappa shape index (κ3) is 7.16. The molecule has 0 bridgehead atoms. The van der Waals surface area contributed by atoms with Gasteiger partial charge in [0.05, 0.1) is 17.6 Å². The monoisotopic (exact) mass is 534 g/mol. The maximum absolute atomic E-state index is 12.5. The molecule has 1 N–H and O–H groups in total. The van der Waals surface area contributed by atoms with Crippen molar-refractivity contribution in [1.82, 2.24) is 10.3 Å². The van der Waals surface area contributed by atoms with E-state index >= 15 is 0 Å². The van der Waals surface area contributed by atoms with Gasteiger partial charge in [0.25, 0.3) is 0 Å². The Labute approximate surface area is 229 Å². The number of carbonyl (C=O) groups is 1. The predicted octanol–water partition coefficient (Wildman–Crippen LogP) is 7.71. The second-order valence-corrected chi connectivity index (χ2v) is 12.1. The lowest BCUT2D eigenvalue weighted by Gasteiger charge is -2.20. The van der Waals surface area contributed by atoms with E-state index in [1.807, 2.05) is 36.0 Å². The molecule has 2 aromatic carbocycles. The zero-order valence-corrected chi connectivity index (χ0v) is 23.0. The van der Waals surface area contributed by atoms with Crippen LogP contribution in [-0.2, 0) is 9.53 Å². The molecule has 4 nitrogen and oxygen atoms in total. The van der Waals surface area contributed by atoms with Crippen LogP contribution < -0.4 is 5.32 Å². The topological polar surface area (TPSA) is 51.2 Å². The minimum Gasteiger partial charge on any atom is -0.464 e. The quantitative estimate of drug-likeness (QED) is 0.255. The molecule has 194 valence electrons. The smallest absolute Gasteiger partial charge is 0.306 e. The maximum atomic E-state index is 12.5. The molecule has 2 fully saturated rings. The summed E-state index contributed by atoms with van der Waals surface area (Å²) in [6, 6.07) is 19.0. The normalized spacial score (nSPS) is 19.4. The number of ether oxygens (including phenoxy) is 1. The van der Waals surface area contributed by atoms with Crippen LogP contribution in [0.15, 0.2) is 54.6 Å². The number of pyridine rings is 1. The van der Waals surface area contributed by atoms with Gasteiger partial charge in [-0.3, -0.25) is 4.79 Å². The fourth-order valence-corrected chi connectivity index (χ4v) is 6.66. The van der Waals surface area contributed by atoms with Gasteiger partial charge in [-0.25, -0.2) is 4.98 Å². The van der Waals surface area contributed by atoms with Crippen molar-refractivity contribution in [2.45, 2.75) is 56.7 Å². The number of fused-ring (bicyclic) bond motifs is 1. The van der Waals surface area contributed by atoms with Crippen LogP contribution in [0.25, 0.3) is 23.1 Å². The second kappa shape index (κ2) is 12.0. The number of nitrogens with one attached hydrogen (secondary N) is 1. The molecular formula is C31H35ClN2O2S. The highest BCUT2D eigenvalue weighted by molar-refractivity contribution is 7.99. The highest BCUT2D eigenvalue weighted by atomic mass is 35.5. The van der Waals surface area contributed by atoms with E-state index in [4.69, 9.17) is 21.3 Å². The van der Waals surface area contributed by atoms with Gasteiger partial charge in [0, 0.05) is 27.5 Å². The summed E-state index contributed by atoms with van der Waals surface area (Å²) in [7, 11) is 0. The number of halogens is 1. The molecule has 1 aliphatic heterocycles. The van der Waals surface area contributed by atoms with E-state index in [2.05, 4.69) is 54.7 Å². The summed E-state index contributed by atoms with van der Waals surface area (Å²) in [6.45, 7) is 3.79. The molecule has 1 aromatic heterocycles. The van der Waals surface area contributed by atoms with E-state index in [0.29, 0.717) is 29.3 Å². The van der Waals surface area contributed by atoms with Crippen LogP contribution in [0.2, 0.25) is 5.02 Å². The van der Waals surface area contributed by atoms with Gasteiger partial charge >= 0.3 is 5.97 Å². The number of aromatic nitrogens is 1. The van der Waals surface area contributed by atoms with Crippen molar-refractivity contribution in [2.75, 3.05) is 18.9 Å². The van der Waals surface area contributed by atoms with E-state index in [1.165, 1.54) is 12.0 Å². The van der Waals surface area contributed by atoms with Gasteiger partial charge in [-0.15, -0.1) is 0 Å². The lowest BCUT2D eigenvalue weighted by atomic mass is 10.1. The number of hydrogen-bond donors (Lipinski definition) is 1.